The van der Waals surface area contributed by atoms with E-state index in [1.807, 2.05) is 0 Å². The van der Waals surface area contributed by atoms with Gasteiger partial charge in [-0.25, -0.2) is 0 Å². The summed E-state index contributed by atoms with van der Waals surface area (Å²) >= 11 is 3.65. The number of fused-ring (bicyclic) bond motifs is 1. The molecule has 0 amide bonds. The number of ether oxygens (including phenoxy) is 1. The second-order valence-electron chi connectivity index (χ2n) is 5.05. The fourth-order valence-electron chi connectivity index (χ4n) is 2.29. The Bertz CT molecular complexity index is 394. The third kappa shape index (κ3) is 3.72. The zero-order chi connectivity index (χ0) is 13.0. The average Bonchev–Trinajstić information content (AvgIpc) is 2.76. The first-order chi connectivity index (χ1) is 8.69. The topological polar surface area (TPSA) is 21.3 Å². The molecule has 2 rings (SSSR count). The molecule has 0 radical (unpaired) electrons. The van der Waals surface area contributed by atoms with Crippen LogP contribution in [0.15, 0.2) is 18.2 Å². The first kappa shape index (κ1) is 13.9. The van der Waals surface area contributed by atoms with E-state index in [-0.39, 0.29) is 0 Å². The summed E-state index contributed by atoms with van der Waals surface area (Å²) in [7, 11) is 0. The largest absolute Gasteiger partial charge is 0.488 e. The van der Waals surface area contributed by atoms with Gasteiger partial charge in [-0.3, -0.25) is 0 Å². The molecule has 0 bridgehead atoms. The standard InChI is InChI=1S/C15H22BrNO/c1-3-13(16)6-7-17-10-14-9-12-8-11(2)4-5-15(12)18-14/h4-5,8,13-14,17H,3,6-7,9-10H2,1-2H3. The van der Waals surface area contributed by atoms with Crippen molar-refractivity contribution >= 4 is 15.9 Å². The van der Waals surface area contributed by atoms with Crippen molar-refractivity contribution in [2.75, 3.05) is 13.1 Å². The Kier molecular flexibility index (Phi) is 5.07. The molecule has 0 fully saturated rings. The van der Waals surface area contributed by atoms with Crippen LogP contribution < -0.4 is 10.1 Å². The van der Waals surface area contributed by atoms with E-state index in [4.69, 9.17) is 4.74 Å². The zero-order valence-electron chi connectivity index (χ0n) is 11.2. The molecule has 0 saturated heterocycles. The van der Waals surface area contributed by atoms with Gasteiger partial charge in [-0.15, -0.1) is 0 Å². The molecule has 0 aliphatic carbocycles. The van der Waals surface area contributed by atoms with Crippen molar-refractivity contribution in [1.29, 1.82) is 0 Å². The van der Waals surface area contributed by atoms with Crippen molar-refractivity contribution < 1.29 is 4.74 Å². The lowest BCUT2D eigenvalue weighted by Crippen LogP contribution is -2.31. The molecule has 0 aromatic heterocycles. The van der Waals surface area contributed by atoms with Gasteiger partial charge in [0.1, 0.15) is 11.9 Å². The van der Waals surface area contributed by atoms with E-state index in [1.165, 1.54) is 24.0 Å². The minimum Gasteiger partial charge on any atom is -0.488 e. The molecule has 18 heavy (non-hydrogen) atoms. The Morgan fingerprint density at radius 3 is 3.11 bits per heavy atom. The summed E-state index contributed by atoms with van der Waals surface area (Å²) in [5.41, 5.74) is 2.67. The minimum absolute atomic E-state index is 0.303. The van der Waals surface area contributed by atoms with Crippen LogP contribution in [0.1, 0.15) is 30.9 Å². The Balaban J connectivity index is 1.71. The highest BCUT2D eigenvalue weighted by atomic mass is 79.9. The quantitative estimate of drug-likeness (QED) is 0.642. The van der Waals surface area contributed by atoms with Gasteiger partial charge in [0.25, 0.3) is 0 Å². The van der Waals surface area contributed by atoms with Gasteiger partial charge in [-0.05, 0) is 37.9 Å². The molecule has 0 spiro atoms. The van der Waals surface area contributed by atoms with Gasteiger partial charge in [-0.1, -0.05) is 40.5 Å². The van der Waals surface area contributed by atoms with E-state index in [1.54, 1.807) is 0 Å². The van der Waals surface area contributed by atoms with E-state index < -0.39 is 0 Å². The second kappa shape index (κ2) is 6.58. The van der Waals surface area contributed by atoms with Crippen LogP contribution in [-0.2, 0) is 6.42 Å². The molecule has 1 N–H and O–H groups in total. The van der Waals surface area contributed by atoms with Crippen LogP contribution in [-0.4, -0.2) is 24.0 Å². The van der Waals surface area contributed by atoms with Gasteiger partial charge < -0.3 is 10.1 Å². The molecule has 1 aromatic carbocycles. The summed E-state index contributed by atoms with van der Waals surface area (Å²) < 4.78 is 5.92. The van der Waals surface area contributed by atoms with Crippen molar-refractivity contribution in [3.63, 3.8) is 0 Å². The molecular formula is C15H22BrNO. The third-order valence-electron chi connectivity index (χ3n) is 3.41. The van der Waals surface area contributed by atoms with Crippen LogP contribution in [0.25, 0.3) is 0 Å². The van der Waals surface area contributed by atoms with Gasteiger partial charge >= 0.3 is 0 Å². The SMILES string of the molecule is CCC(Br)CCNCC1Cc2cc(C)ccc2O1. The highest BCUT2D eigenvalue weighted by molar-refractivity contribution is 9.09. The monoisotopic (exact) mass is 311 g/mol. The number of hydrogen-bond donors (Lipinski definition) is 1. The molecule has 2 atom stereocenters. The van der Waals surface area contributed by atoms with E-state index in [0.29, 0.717) is 10.9 Å². The first-order valence-corrected chi connectivity index (χ1v) is 7.71. The first-order valence-electron chi connectivity index (χ1n) is 6.80. The van der Waals surface area contributed by atoms with Crippen LogP contribution >= 0.6 is 15.9 Å². The molecule has 100 valence electrons. The maximum atomic E-state index is 5.92. The number of hydrogen-bond acceptors (Lipinski definition) is 2. The van der Waals surface area contributed by atoms with Gasteiger partial charge in [0.15, 0.2) is 0 Å². The lowest BCUT2D eigenvalue weighted by molar-refractivity contribution is 0.227. The summed E-state index contributed by atoms with van der Waals surface area (Å²) in [6.07, 6.45) is 3.70. The Morgan fingerprint density at radius 1 is 1.50 bits per heavy atom. The zero-order valence-corrected chi connectivity index (χ0v) is 12.8. The number of benzene rings is 1. The molecule has 2 nitrogen and oxygen atoms in total. The Morgan fingerprint density at radius 2 is 2.33 bits per heavy atom. The molecule has 1 aromatic rings. The van der Waals surface area contributed by atoms with Crippen molar-refractivity contribution in [1.82, 2.24) is 5.32 Å². The highest BCUT2D eigenvalue weighted by Crippen LogP contribution is 2.29. The molecular weight excluding hydrogens is 290 g/mol. The van der Waals surface area contributed by atoms with E-state index in [0.717, 1.165) is 25.3 Å². The van der Waals surface area contributed by atoms with E-state index in [9.17, 15) is 0 Å². The molecule has 2 unspecified atom stereocenters. The van der Waals surface area contributed by atoms with Crippen molar-refractivity contribution in [3.05, 3.63) is 29.3 Å². The smallest absolute Gasteiger partial charge is 0.123 e. The lowest BCUT2D eigenvalue weighted by atomic mass is 10.1. The molecule has 1 aliphatic heterocycles. The maximum Gasteiger partial charge on any atom is 0.123 e. The van der Waals surface area contributed by atoms with Crippen LogP contribution in [0.5, 0.6) is 5.75 Å². The van der Waals surface area contributed by atoms with Crippen molar-refractivity contribution in [2.45, 2.75) is 44.0 Å². The van der Waals surface area contributed by atoms with Gasteiger partial charge in [0.2, 0.25) is 0 Å². The Labute approximate surface area is 118 Å². The van der Waals surface area contributed by atoms with Crippen molar-refractivity contribution in [2.24, 2.45) is 0 Å². The van der Waals surface area contributed by atoms with Gasteiger partial charge in [0, 0.05) is 17.8 Å². The summed E-state index contributed by atoms with van der Waals surface area (Å²) in [6, 6.07) is 6.45. The average molecular weight is 312 g/mol. The molecule has 0 saturated carbocycles. The highest BCUT2D eigenvalue weighted by Gasteiger charge is 2.22. The predicted molar refractivity (Wildman–Crippen MR) is 79.8 cm³/mol. The number of alkyl halides is 1. The predicted octanol–water partition coefficient (Wildman–Crippen LogP) is 3.45. The molecule has 1 aliphatic rings. The van der Waals surface area contributed by atoms with E-state index in [2.05, 4.69) is 53.3 Å². The summed E-state index contributed by atoms with van der Waals surface area (Å²) in [5.74, 6) is 1.07. The Hall–Kier alpha value is -0.540. The van der Waals surface area contributed by atoms with Crippen LogP contribution in [0.3, 0.4) is 0 Å². The van der Waals surface area contributed by atoms with Crippen LogP contribution in [0, 0.1) is 6.92 Å². The lowest BCUT2D eigenvalue weighted by Gasteiger charge is -2.13. The van der Waals surface area contributed by atoms with Crippen molar-refractivity contribution in [3.8, 4) is 5.75 Å². The summed E-state index contributed by atoms with van der Waals surface area (Å²) in [6.45, 7) is 6.33. The third-order valence-corrected chi connectivity index (χ3v) is 4.51. The van der Waals surface area contributed by atoms with Gasteiger partial charge in [0.05, 0.1) is 0 Å². The number of nitrogens with one attached hydrogen (secondary N) is 1. The molecule has 3 heteroatoms. The van der Waals surface area contributed by atoms with Crippen LogP contribution in [0.4, 0.5) is 0 Å². The number of halogens is 1. The van der Waals surface area contributed by atoms with Gasteiger partial charge in [-0.2, -0.15) is 0 Å². The fourth-order valence-corrected chi connectivity index (χ4v) is 2.52. The summed E-state index contributed by atoms with van der Waals surface area (Å²) in [4.78, 5) is 0.634. The second-order valence-corrected chi connectivity index (χ2v) is 6.35. The fraction of sp³-hybridized carbons (Fsp3) is 0.600. The number of aryl methyl sites for hydroxylation is 1. The van der Waals surface area contributed by atoms with Crippen LogP contribution in [0.2, 0.25) is 0 Å². The normalized spacial score (nSPS) is 19.4. The van der Waals surface area contributed by atoms with E-state index >= 15 is 0 Å². The summed E-state index contributed by atoms with van der Waals surface area (Å²) in [5, 5.41) is 3.49. The maximum absolute atomic E-state index is 5.92. The number of rotatable bonds is 6. The minimum atomic E-state index is 0.303. The molecule has 1 heterocycles.